The number of anilines is 1. The third-order valence-electron chi connectivity index (χ3n) is 3.22. The number of aryl methyl sites for hydroxylation is 2. The van der Waals surface area contributed by atoms with Crippen LogP contribution in [0.3, 0.4) is 0 Å². The molecule has 0 fully saturated rings. The van der Waals surface area contributed by atoms with Crippen molar-refractivity contribution in [3.63, 3.8) is 0 Å². The minimum Gasteiger partial charge on any atom is -0.324 e. The third-order valence-corrected chi connectivity index (χ3v) is 3.22. The fraction of sp³-hybridized carbons (Fsp3) is 0.200. The molecular weight excluding hydrogens is 252 g/mol. The van der Waals surface area contributed by atoms with Crippen molar-refractivity contribution in [3.8, 4) is 0 Å². The highest BCUT2D eigenvalue weighted by molar-refractivity contribution is 6.25. The molecule has 1 aliphatic heterocycles. The van der Waals surface area contributed by atoms with Crippen LogP contribution >= 0.6 is 0 Å². The molecule has 0 atom stereocenters. The molecule has 5 heteroatoms. The smallest absolute Gasteiger partial charge is 0.230 e. The molecule has 0 saturated heterocycles. The van der Waals surface area contributed by atoms with Gasteiger partial charge in [-0.25, -0.2) is 0 Å². The summed E-state index contributed by atoms with van der Waals surface area (Å²) in [6.07, 6.45) is 3.77. The number of hydrogen-bond acceptors (Lipinski definition) is 4. The van der Waals surface area contributed by atoms with Gasteiger partial charge in [0.05, 0.1) is 23.5 Å². The molecule has 1 aromatic rings. The van der Waals surface area contributed by atoms with E-state index in [1.807, 2.05) is 26.0 Å². The van der Waals surface area contributed by atoms with Crippen LogP contribution in [0, 0.1) is 24.7 Å². The van der Waals surface area contributed by atoms with Gasteiger partial charge in [-0.15, -0.1) is 0 Å². The Morgan fingerprint density at radius 2 is 2.00 bits per heavy atom. The number of nitrogens with one attached hydrogen (secondary N) is 3. The molecule has 3 N–H and O–H groups in total. The van der Waals surface area contributed by atoms with Gasteiger partial charge in [0.25, 0.3) is 0 Å². The average molecular weight is 268 g/mol. The number of allylic oxidation sites excluding steroid dienone is 2. The summed E-state index contributed by atoms with van der Waals surface area (Å²) in [5, 5.41) is 17.3. The zero-order chi connectivity index (χ0) is 14.7. The Hall–Kier alpha value is -2.56. The summed E-state index contributed by atoms with van der Waals surface area (Å²) in [6, 6.07) is 3.82. The molecule has 1 aliphatic rings. The standard InChI is InChI=1S/C15H16N4O/c1-9-5-13-14(6-10(9)2)19-15(20)7-12(18-13)11(8-17)3-4-16/h3-6,8,16-17H,7H2,1-2H3,(H,19,20)/b11-3+,16-4?,17-8?. The Morgan fingerprint density at radius 1 is 1.30 bits per heavy atom. The zero-order valence-electron chi connectivity index (χ0n) is 11.4. The van der Waals surface area contributed by atoms with Gasteiger partial charge in [-0.05, 0) is 43.2 Å². The summed E-state index contributed by atoms with van der Waals surface area (Å²) in [6.45, 7) is 3.97. The van der Waals surface area contributed by atoms with Crippen molar-refractivity contribution in [1.29, 1.82) is 10.8 Å². The molecule has 0 radical (unpaired) electrons. The van der Waals surface area contributed by atoms with Crippen molar-refractivity contribution >= 4 is 35.4 Å². The molecule has 1 amide bonds. The number of aliphatic imine (C=N–C) groups is 1. The summed E-state index contributed by atoms with van der Waals surface area (Å²) in [4.78, 5) is 16.4. The number of rotatable bonds is 3. The zero-order valence-corrected chi connectivity index (χ0v) is 11.4. The Bertz CT molecular complexity index is 656. The van der Waals surface area contributed by atoms with E-state index >= 15 is 0 Å². The SMILES string of the molecule is Cc1cc2c(cc1C)NC(=O)CC(/C(C=N)=C/C=N)=N2. The molecule has 0 aromatic heterocycles. The van der Waals surface area contributed by atoms with Gasteiger partial charge in [0.15, 0.2) is 0 Å². The van der Waals surface area contributed by atoms with Crippen LogP contribution in [0.15, 0.2) is 28.8 Å². The van der Waals surface area contributed by atoms with Gasteiger partial charge in [0.1, 0.15) is 0 Å². The van der Waals surface area contributed by atoms with Crippen LogP contribution < -0.4 is 5.32 Å². The molecule has 0 unspecified atom stereocenters. The molecule has 5 nitrogen and oxygen atoms in total. The van der Waals surface area contributed by atoms with Crippen LogP contribution in [0.5, 0.6) is 0 Å². The summed E-state index contributed by atoms with van der Waals surface area (Å²) in [5.41, 5.74) is 4.53. The van der Waals surface area contributed by atoms with Crippen molar-refractivity contribution in [1.82, 2.24) is 0 Å². The number of nitrogens with zero attached hydrogens (tertiary/aromatic N) is 1. The highest BCUT2D eigenvalue weighted by Crippen LogP contribution is 2.31. The summed E-state index contributed by atoms with van der Waals surface area (Å²) in [7, 11) is 0. The lowest BCUT2D eigenvalue weighted by molar-refractivity contribution is -0.115. The molecule has 0 bridgehead atoms. The van der Waals surface area contributed by atoms with Crippen molar-refractivity contribution in [3.05, 3.63) is 34.9 Å². The fourth-order valence-electron chi connectivity index (χ4n) is 2.01. The number of amides is 1. The van der Waals surface area contributed by atoms with Gasteiger partial charge in [0.2, 0.25) is 5.91 Å². The lowest BCUT2D eigenvalue weighted by Crippen LogP contribution is -2.16. The number of benzene rings is 1. The monoisotopic (exact) mass is 268 g/mol. The first kappa shape index (κ1) is 13.9. The molecule has 2 rings (SSSR count). The van der Waals surface area contributed by atoms with E-state index in [9.17, 15) is 4.79 Å². The normalized spacial score (nSPS) is 14.8. The van der Waals surface area contributed by atoms with Crippen molar-refractivity contribution in [2.24, 2.45) is 4.99 Å². The molecule has 0 spiro atoms. The highest BCUT2D eigenvalue weighted by atomic mass is 16.1. The molecule has 20 heavy (non-hydrogen) atoms. The molecule has 1 aromatic carbocycles. The van der Waals surface area contributed by atoms with E-state index in [0.29, 0.717) is 22.7 Å². The second kappa shape index (κ2) is 5.61. The number of carbonyl (C=O) groups excluding carboxylic acids is 1. The van der Waals surface area contributed by atoms with E-state index in [-0.39, 0.29) is 12.3 Å². The fourth-order valence-corrected chi connectivity index (χ4v) is 2.01. The second-order valence-corrected chi connectivity index (χ2v) is 4.67. The maximum absolute atomic E-state index is 11.9. The van der Waals surface area contributed by atoms with E-state index in [1.165, 1.54) is 6.08 Å². The average Bonchev–Trinajstić information content (AvgIpc) is 2.55. The van der Waals surface area contributed by atoms with Gasteiger partial charge in [-0.3, -0.25) is 9.79 Å². The predicted molar refractivity (Wildman–Crippen MR) is 81.9 cm³/mol. The largest absolute Gasteiger partial charge is 0.324 e. The van der Waals surface area contributed by atoms with Gasteiger partial charge in [0, 0.05) is 18.0 Å². The van der Waals surface area contributed by atoms with E-state index in [1.54, 1.807) is 0 Å². The van der Waals surface area contributed by atoms with Crippen LogP contribution in [0.1, 0.15) is 17.5 Å². The molecule has 1 heterocycles. The number of fused-ring (bicyclic) bond motifs is 1. The van der Waals surface area contributed by atoms with Crippen LogP contribution in [-0.4, -0.2) is 24.0 Å². The van der Waals surface area contributed by atoms with E-state index < -0.39 is 0 Å². The number of carbonyl (C=O) groups is 1. The van der Waals surface area contributed by atoms with Crippen molar-refractivity contribution in [2.45, 2.75) is 20.3 Å². The van der Waals surface area contributed by atoms with E-state index in [2.05, 4.69) is 10.3 Å². The van der Waals surface area contributed by atoms with E-state index in [4.69, 9.17) is 10.8 Å². The highest BCUT2D eigenvalue weighted by Gasteiger charge is 2.18. The summed E-state index contributed by atoms with van der Waals surface area (Å²) in [5.74, 6) is -0.163. The molecular formula is C15H16N4O. The lowest BCUT2D eigenvalue weighted by atomic mass is 10.1. The van der Waals surface area contributed by atoms with E-state index in [0.717, 1.165) is 23.6 Å². The van der Waals surface area contributed by atoms with Gasteiger partial charge < -0.3 is 16.1 Å². The predicted octanol–water partition coefficient (Wildman–Crippen LogP) is 2.94. The van der Waals surface area contributed by atoms with Crippen LogP contribution in [0.4, 0.5) is 11.4 Å². The second-order valence-electron chi connectivity index (χ2n) is 4.67. The summed E-state index contributed by atoms with van der Waals surface area (Å²) >= 11 is 0. The third kappa shape index (κ3) is 2.71. The van der Waals surface area contributed by atoms with Crippen LogP contribution in [0.25, 0.3) is 0 Å². The molecule has 0 saturated carbocycles. The first-order valence-corrected chi connectivity index (χ1v) is 6.25. The Labute approximate surface area is 117 Å². The summed E-state index contributed by atoms with van der Waals surface area (Å²) < 4.78 is 0. The maximum atomic E-state index is 11.9. The number of hydrogen-bond donors (Lipinski definition) is 3. The Balaban J connectivity index is 2.59. The van der Waals surface area contributed by atoms with Gasteiger partial charge in [-0.2, -0.15) is 0 Å². The van der Waals surface area contributed by atoms with Crippen molar-refractivity contribution < 1.29 is 4.79 Å². The minimum atomic E-state index is -0.163. The quantitative estimate of drug-likeness (QED) is 0.723. The van der Waals surface area contributed by atoms with Crippen LogP contribution in [0.2, 0.25) is 0 Å². The van der Waals surface area contributed by atoms with Gasteiger partial charge in [-0.1, -0.05) is 0 Å². The van der Waals surface area contributed by atoms with Gasteiger partial charge >= 0.3 is 0 Å². The van der Waals surface area contributed by atoms with Crippen LogP contribution in [-0.2, 0) is 4.79 Å². The lowest BCUT2D eigenvalue weighted by Gasteiger charge is -2.08. The molecule has 0 aliphatic carbocycles. The molecule has 102 valence electrons. The topological polar surface area (TPSA) is 89.2 Å². The Kier molecular flexibility index (Phi) is 3.89. The maximum Gasteiger partial charge on any atom is 0.230 e. The first-order chi connectivity index (χ1) is 9.55. The van der Waals surface area contributed by atoms with Crippen molar-refractivity contribution in [2.75, 3.05) is 5.32 Å². The first-order valence-electron chi connectivity index (χ1n) is 6.25. The Morgan fingerprint density at radius 3 is 2.65 bits per heavy atom. The minimum absolute atomic E-state index is 0.0990.